The normalized spacial score (nSPS) is 14.0. The number of hydrogen-bond donors (Lipinski definition) is 0. The summed E-state index contributed by atoms with van der Waals surface area (Å²) in [6, 6.07) is 8.81. The molecule has 0 bridgehead atoms. The van der Waals surface area contributed by atoms with E-state index in [9.17, 15) is 14.4 Å². The van der Waals surface area contributed by atoms with Gasteiger partial charge in [0.2, 0.25) is 0 Å². The van der Waals surface area contributed by atoms with Gasteiger partial charge < -0.3 is 9.64 Å². The maximum absolute atomic E-state index is 11.8. The van der Waals surface area contributed by atoms with Crippen molar-refractivity contribution in [3.63, 3.8) is 0 Å². The molecule has 0 atom stereocenters. The predicted octanol–water partition coefficient (Wildman–Crippen LogP) is 1.82. The van der Waals surface area contributed by atoms with Crippen molar-refractivity contribution in [3.05, 3.63) is 35.9 Å². The van der Waals surface area contributed by atoms with Crippen LogP contribution in [0.15, 0.2) is 30.3 Å². The maximum Gasteiger partial charge on any atom is 0.306 e. The third-order valence-electron chi connectivity index (χ3n) is 3.47. The van der Waals surface area contributed by atoms with Crippen molar-refractivity contribution >= 4 is 17.7 Å². The molecule has 5 heteroatoms. The largest absolute Gasteiger partial charge is 0.456 e. The van der Waals surface area contributed by atoms with Gasteiger partial charge >= 0.3 is 5.97 Å². The Bertz CT molecular complexity index is 506. The zero-order valence-electron chi connectivity index (χ0n) is 11.9. The lowest BCUT2D eigenvalue weighted by Gasteiger charge is -2.14. The monoisotopic (exact) mass is 289 g/mol. The van der Waals surface area contributed by atoms with Gasteiger partial charge in [-0.3, -0.25) is 14.4 Å². The van der Waals surface area contributed by atoms with Gasteiger partial charge in [0.25, 0.3) is 5.91 Å². The fourth-order valence-electron chi connectivity index (χ4n) is 2.26. The molecule has 1 saturated heterocycles. The van der Waals surface area contributed by atoms with E-state index in [0.717, 1.165) is 25.9 Å². The van der Waals surface area contributed by atoms with Crippen molar-refractivity contribution in [1.29, 1.82) is 0 Å². The highest BCUT2D eigenvalue weighted by Gasteiger charge is 2.19. The maximum atomic E-state index is 11.8. The number of ether oxygens (including phenoxy) is 1. The molecule has 1 heterocycles. The van der Waals surface area contributed by atoms with Crippen LogP contribution in [-0.4, -0.2) is 42.3 Å². The number of hydrogen-bond acceptors (Lipinski definition) is 4. The van der Waals surface area contributed by atoms with Crippen LogP contribution in [0.1, 0.15) is 36.0 Å². The molecule has 5 nitrogen and oxygen atoms in total. The number of amides is 1. The zero-order valence-corrected chi connectivity index (χ0v) is 11.9. The number of benzene rings is 1. The van der Waals surface area contributed by atoms with Gasteiger partial charge in [0.05, 0.1) is 6.42 Å². The summed E-state index contributed by atoms with van der Waals surface area (Å²) in [5.74, 6) is -0.763. The Hall–Kier alpha value is -2.17. The van der Waals surface area contributed by atoms with Gasteiger partial charge in [-0.05, 0) is 12.8 Å². The van der Waals surface area contributed by atoms with Crippen molar-refractivity contribution in [2.75, 3.05) is 19.7 Å². The summed E-state index contributed by atoms with van der Waals surface area (Å²) < 4.78 is 4.92. The highest BCUT2D eigenvalue weighted by molar-refractivity contribution is 5.97. The van der Waals surface area contributed by atoms with Crippen molar-refractivity contribution in [2.24, 2.45) is 0 Å². The molecule has 0 saturated carbocycles. The van der Waals surface area contributed by atoms with E-state index in [1.54, 1.807) is 29.2 Å². The molecule has 1 aliphatic heterocycles. The first-order valence-electron chi connectivity index (χ1n) is 7.18. The molecule has 0 aromatic heterocycles. The van der Waals surface area contributed by atoms with E-state index in [4.69, 9.17) is 4.74 Å². The van der Waals surface area contributed by atoms with Gasteiger partial charge in [-0.1, -0.05) is 30.3 Å². The van der Waals surface area contributed by atoms with Crippen LogP contribution < -0.4 is 0 Å². The second kappa shape index (κ2) is 7.57. The molecular formula is C16H19NO4. The van der Waals surface area contributed by atoms with Gasteiger partial charge in [0, 0.05) is 25.1 Å². The van der Waals surface area contributed by atoms with E-state index in [2.05, 4.69) is 0 Å². The molecule has 1 aromatic carbocycles. The van der Waals surface area contributed by atoms with Crippen LogP contribution in [0.4, 0.5) is 0 Å². The molecule has 0 unspecified atom stereocenters. The van der Waals surface area contributed by atoms with E-state index in [-0.39, 0.29) is 31.1 Å². The van der Waals surface area contributed by atoms with Gasteiger partial charge in [-0.15, -0.1) is 0 Å². The summed E-state index contributed by atoms with van der Waals surface area (Å²) in [6.45, 7) is 1.25. The third-order valence-corrected chi connectivity index (χ3v) is 3.47. The average molecular weight is 289 g/mol. The minimum Gasteiger partial charge on any atom is -0.456 e. The van der Waals surface area contributed by atoms with E-state index in [1.165, 1.54) is 0 Å². The van der Waals surface area contributed by atoms with Crippen molar-refractivity contribution in [3.8, 4) is 0 Å². The molecule has 1 fully saturated rings. The van der Waals surface area contributed by atoms with Crippen LogP contribution in [0.2, 0.25) is 0 Å². The summed E-state index contributed by atoms with van der Waals surface area (Å²) in [7, 11) is 0. The first kappa shape index (κ1) is 15.2. The Labute approximate surface area is 123 Å². The minimum absolute atomic E-state index is 0.001000. The Morgan fingerprint density at radius 3 is 2.33 bits per heavy atom. The Morgan fingerprint density at radius 1 is 1.00 bits per heavy atom. The van der Waals surface area contributed by atoms with E-state index in [0.29, 0.717) is 5.56 Å². The molecule has 0 aliphatic carbocycles. The number of ketones is 1. The van der Waals surface area contributed by atoms with Crippen molar-refractivity contribution in [2.45, 2.75) is 25.7 Å². The standard InChI is InChI=1S/C16H19NO4/c18-14(13-6-2-1-3-7-13)8-9-16(20)21-12-15(19)17-10-4-5-11-17/h1-3,6-7H,4-5,8-12H2. The number of carbonyl (C=O) groups excluding carboxylic acids is 3. The Morgan fingerprint density at radius 2 is 1.67 bits per heavy atom. The number of carbonyl (C=O) groups is 3. The topological polar surface area (TPSA) is 63.7 Å². The molecule has 1 amide bonds. The lowest BCUT2D eigenvalue weighted by molar-refractivity contribution is -0.151. The second-order valence-electron chi connectivity index (χ2n) is 5.04. The van der Waals surface area contributed by atoms with Gasteiger partial charge in [0.15, 0.2) is 12.4 Å². The average Bonchev–Trinajstić information content (AvgIpc) is 3.05. The highest BCUT2D eigenvalue weighted by Crippen LogP contribution is 2.08. The number of nitrogens with zero attached hydrogens (tertiary/aromatic N) is 1. The quantitative estimate of drug-likeness (QED) is 0.592. The van der Waals surface area contributed by atoms with E-state index < -0.39 is 5.97 Å². The van der Waals surface area contributed by atoms with Crippen LogP contribution in [0.5, 0.6) is 0 Å². The van der Waals surface area contributed by atoms with Crippen molar-refractivity contribution in [1.82, 2.24) is 4.90 Å². The number of esters is 1. The minimum atomic E-state index is -0.508. The molecule has 2 rings (SSSR count). The van der Waals surface area contributed by atoms with Gasteiger partial charge in [-0.2, -0.15) is 0 Å². The van der Waals surface area contributed by atoms with Crippen LogP contribution in [-0.2, 0) is 14.3 Å². The lowest BCUT2D eigenvalue weighted by atomic mass is 10.1. The first-order chi connectivity index (χ1) is 10.2. The molecule has 21 heavy (non-hydrogen) atoms. The highest BCUT2D eigenvalue weighted by atomic mass is 16.5. The molecule has 1 aliphatic rings. The summed E-state index contributed by atoms with van der Waals surface area (Å²) >= 11 is 0. The Balaban J connectivity index is 1.67. The predicted molar refractivity (Wildman–Crippen MR) is 76.8 cm³/mol. The fraction of sp³-hybridized carbons (Fsp3) is 0.438. The van der Waals surface area contributed by atoms with E-state index in [1.807, 2.05) is 6.07 Å². The van der Waals surface area contributed by atoms with E-state index >= 15 is 0 Å². The first-order valence-corrected chi connectivity index (χ1v) is 7.18. The molecule has 0 spiro atoms. The van der Waals surface area contributed by atoms with Gasteiger partial charge in [0.1, 0.15) is 0 Å². The molecule has 112 valence electrons. The lowest BCUT2D eigenvalue weighted by Crippen LogP contribution is -2.32. The Kier molecular flexibility index (Phi) is 5.49. The molecular weight excluding hydrogens is 270 g/mol. The third kappa shape index (κ3) is 4.70. The summed E-state index contributed by atoms with van der Waals surface area (Å²) in [6.07, 6.45) is 2.11. The number of rotatable bonds is 6. The molecule has 0 radical (unpaired) electrons. The van der Waals surface area contributed by atoms with Gasteiger partial charge in [-0.25, -0.2) is 0 Å². The SMILES string of the molecule is O=C(CCC(=O)c1ccccc1)OCC(=O)N1CCCC1. The summed E-state index contributed by atoms with van der Waals surface area (Å²) in [4.78, 5) is 36.8. The smallest absolute Gasteiger partial charge is 0.306 e. The second-order valence-corrected chi connectivity index (χ2v) is 5.04. The van der Waals surface area contributed by atoms with Crippen LogP contribution in [0.25, 0.3) is 0 Å². The van der Waals surface area contributed by atoms with Crippen molar-refractivity contribution < 1.29 is 19.1 Å². The fourth-order valence-corrected chi connectivity index (χ4v) is 2.26. The summed E-state index contributed by atoms with van der Waals surface area (Å²) in [5.41, 5.74) is 0.582. The summed E-state index contributed by atoms with van der Waals surface area (Å²) in [5, 5.41) is 0. The van der Waals surface area contributed by atoms with Crippen LogP contribution in [0, 0.1) is 0 Å². The molecule has 1 aromatic rings. The van der Waals surface area contributed by atoms with Crippen LogP contribution in [0.3, 0.4) is 0 Å². The zero-order chi connectivity index (χ0) is 15.1. The number of Topliss-reactive ketones (excluding diaryl/α,β-unsaturated/α-hetero) is 1. The number of likely N-dealkylation sites (tertiary alicyclic amines) is 1. The van der Waals surface area contributed by atoms with Crippen LogP contribution >= 0.6 is 0 Å². The molecule has 0 N–H and O–H groups in total.